The Labute approximate surface area is 142 Å². The fourth-order valence-corrected chi connectivity index (χ4v) is 2.57. The van der Waals surface area contributed by atoms with Crippen molar-refractivity contribution in [1.82, 2.24) is 0 Å². The molecule has 0 heterocycles. The lowest BCUT2D eigenvalue weighted by Crippen LogP contribution is -1.97. The van der Waals surface area contributed by atoms with Crippen LogP contribution in [0.4, 0.5) is 5.69 Å². The molecule has 0 amide bonds. The van der Waals surface area contributed by atoms with Gasteiger partial charge in [-0.05, 0) is 74.9 Å². The first-order valence-electron chi connectivity index (χ1n) is 8.55. The summed E-state index contributed by atoms with van der Waals surface area (Å²) in [6.07, 6.45) is 5.31. The van der Waals surface area contributed by atoms with E-state index in [1.807, 2.05) is 13.0 Å². The Balaban J connectivity index is 0.000000231. The molecular formula is C22H31N. The predicted octanol–water partition coefficient (Wildman–Crippen LogP) is 6.33. The van der Waals surface area contributed by atoms with Gasteiger partial charge in [0.25, 0.3) is 0 Å². The number of aryl methyl sites for hydroxylation is 4. The monoisotopic (exact) mass is 309 g/mol. The maximum absolute atomic E-state index is 3.31. The Hall–Kier alpha value is -2.02. The van der Waals surface area contributed by atoms with E-state index in [-0.39, 0.29) is 0 Å². The van der Waals surface area contributed by atoms with Gasteiger partial charge in [-0.1, -0.05) is 49.4 Å². The van der Waals surface area contributed by atoms with Crippen LogP contribution in [0.1, 0.15) is 48.6 Å². The summed E-state index contributed by atoms with van der Waals surface area (Å²) in [7, 11) is 0. The number of para-hydroxylation sites is 1. The van der Waals surface area contributed by atoms with Crippen molar-refractivity contribution in [3.8, 4) is 0 Å². The lowest BCUT2D eigenvalue weighted by atomic mass is 9.99. The molecule has 0 aliphatic carbocycles. The number of allylic oxidation sites excluding steroid dienone is 1. The highest BCUT2D eigenvalue weighted by atomic mass is 14.9. The zero-order chi connectivity index (χ0) is 17.2. The van der Waals surface area contributed by atoms with Crippen LogP contribution >= 0.6 is 0 Å². The van der Waals surface area contributed by atoms with Gasteiger partial charge in [-0.15, -0.1) is 0 Å². The summed E-state index contributed by atoms with van der Waals surface area (Å²) >= 11 is 0. The topological polar surface area (TPSA) is 12.0 Å². The Morgan fingerprint density at radius 2 is 1.57 bits per heavy atom. The van der Waals surface area contributed by atoms with Crippen molar-refractivity contribution in [3.63, 3.8) is 0 Å². The zero-order valence-corrected chi connectivity index (χ0v) is 15.5. The number of benzene rings is 2. The normalized spacial score (nSPS) is 10.3. The molecule has 124 valence electrons. The minimum Gasteiger partial charge on any atom is -0.385 e. The quantitative estimate of drug-likeness (QED) is 0.696. The molecule has 23 heavy (non-hydrogen) atoms. The van der Waals surface area contributed by atoms with Crippen molar-refractivity contribution in [2.24, 2.45) is 0 Å². The second-order valence-corrected chi connectivity index (χ2v) is 5.83. The molecule has 0 spiro atoms. The molecule has 0 aliphatic heterocycles. The molecule has 1 N–H and O–H groups in total. The molecule has 1 heteroatoms. The molecule has 2 aromatic rings. The summed E-state index contributed by atoms with van der Waals surface area (Å²) in [6, 6.07) is 12.9. The lowest BCUT2D eigenvalue weighted by molar-refractivity contribution is 1.09. The molecule has 0 saturated heterocycles. The van der Waals surface area contributed by atoms with E-state index in [9.17, 15) is 0 Å². The highest BCUT2D eigenvalue weighted by Crippen LogP contribution is 2.16. The van der Waals surface area contributed by atoms with Gasteiger partial charge in [-0.3, -0.25) is 0 Å². The lowest BCUT2D eigenvalue weighted by Gasteiger charge is -2.06. The van der Waals surface area contributed by atoms with Gasteiger partial charge in [-0.2, -0.15) is 0 Å². The van der Waals surface area contributed by atoms with Crippen LogP contribution in [0.25, 0.3) is 6.08 Å². The first-order chi connectivity index (χ1) is 11.0. The number of nitrogens with one attached hydrogen (secondary N) is 1. The van der Waals surface area contributed by atoms with Crippen LogP contribution in [-0.4, -0.2) is 6.54 Å². The SMILES string of the molecule is C/C=C\c1ccccc1NCC.CCc1cc(C)c(C)cc1C. The molecule has 0 unspecified atom stereocenters. The van der Waals surface area contributed by atoms with E-state index in [0.29, 0.717) is 0 Å². The summed E-state index contributed by atoms with van der Waals surface area (Å²) in [5.74, 6) is 0. The molecule has 0 saturated carbocycles. The van der Waals surface area contributed by atoms with Crippen LogP contribution in [0.3, 0.4) is 0 Å². The fraction of sp³-hybridized carbons (Fsp3) is 0.364. The molecule has 0 atom stereocenters. The van der Waals surface area contributed by atoms with Crippen molar-refractivity contribution in [3.05, 3.63) is 70.3 Å². The third-order valence-electron chi connectivity index (χ3n) is 4.01. The third kappa shape index (κ3) is 5.94. The van der Waals surface area contributed by atoms with Crippen molar-refractivity contribution < 1.29 is 0 Å². The highest BCUT2D eigenvalue weighted by molar-refractivity contribution is 5.66. The smallest absolute Gasteiger partial charge is 0.0413 e. The van der Waals surface area contributed by atoms with Crippen molar-refractivity contribution in [1.29, 1.82) is 0 Å². The zero-order valence-electron chi connectivity index (χ0n) is 15.5. The minimum absolute atomic E-state index is 0.967. The first kappa shape index (κ1) is 19.0. The Morgan fingerprint density at radius 1 is 0.913 bits per heavy atom. The van der Waals surface area contributed by atoms with Gasteiger partial charge in [0.05, 0.1) is 0 Å². The average Bonchev–Trinajstić information content (AvgIpc) is 2.54. The van der Waals surface area contributed by atoms with Crippen LogP contribution in [0, 0.1) is 20.8 Å². The second kappa shape index (κ2) is 9.89. The molecule has 0 radical (unpaired) electrons. The molecular weight excluding hydrogens is 278 g/mol. The van der Waals surface area contributed by atoms with Crippen LogP contribution in [-0.2, 0) is 6.42 Å². The predicted molar refractivity (Wildman–Crippen MR) is 105 cm³/mol. The minimum atomic E-state index is 0.967. The molecule has 0 aliphatic rings. The third-order valence-corrected chi connectivity index (χ3v) is 4.01. The van der Waals surface area contributed by atoms with Gasteiger partial charge in [0.15, 0.2) is 0 Å². The molecule has 0 aromatic heterocycles. The van der Waals surface area contributed by atoms with Crippen LogP contribution in [0.15, 0.2) is 42.5 Å². The summed E-state index contributed by atoms with van der Waals surface area (Å²) in [5.41, 5.74) is 8.18. The van der Waals surface area contributed by atoms with Crippen LogP contribution in [0.5, 0.6) is 0 Å². The van der Waals surface area contributed by atoms with Gasteiger partial charge in [-0.25, -0.2) is 0 Å². The average molecular weight is 309 g/mol. The van der Waals surface area contributed by atoms with E-state index in [2.05, 4.69) is 82.4 Å². The molecule has 2 rings (SSSR count). The summed E-state index contributed by atoms with van der Waals surface area (Å²) in [5, 5.41) is 3.31. The van der Waals surface area contributed by atoms with Crippen molar-refractivity contribution in [2.75, 3.05) is 11.9 Å². The summed E-state index contributed by atoms with van der Waals surface area (Å²) in [6.45, 7) is 13.8. The van der Waals surface area contributed by atoms with E-state index in [1.54, 1.807) is 0 Å². The Kier molecular flexibility index (Phi) is 8.18. The fourth-order valence-electron chi connectivity index (χ4n) is 2.57. The number of hydrogen-bond acceptors (Lipinski definition) is 1. The second-order valence-electron chi connectivity index (χ2n) is 5.83. The van der Waals surface area contributed by atoms with Gasteiger partial charge >= 0.3 is 0 Å². The number of hydrogen-bond donors (Lipinski definition) is 1. The summed E-state index contributed by atoms with van der Waals surface area (Å²) < 4.78 is 0. The van der Waals surface area contributed by atoms with E-state index in [0.717, 1.165) is 13.0 Å². The number of anilines is 1. The largest absolute Gasteiger partial charge is 0.385 e. The van der Waals surface area contributed by atoms with Gasteiger partial charge < -0.3 is 5.32 Å². The van der Waals surface area contributed by atoms with E-state index < -0.39 is 0 Å². The van der Waals surface area contributed by atoms with E-state index in [4.69, 9.17) is 0 Å². The molecule has 0 fully saturated rings. The standard InChI is InChI=1S/C11H15N.C11H16/c1-3-7-10-8-5-6-9-11(10)12-4-2;1-5-11-7-9(3)8(2)6-10(11)4/h3,5-9,12H,4H2,1-2H3;6-7H,5H2,1-4H3/b7-3-;. The maximum Gasteiger partial charge on any atom is 0.0413 e. The van der Waals surface area contributed by atoms with Gasteiger partial charge in [0.1, 0.15) is 0 Å². The number of rotatable bonds is 4. The molecule has 1 nitrogen and oxygen atoms in total. The molecule has 2 aromatic carbocycles. The summed E-state index contributed by atoms with van der Waals surface area (Å²) in [4.78, 5) is 0. The highest BCUT2D eigenvalue weighted by Gasteiger charge is 1.98. The van der Waals surface area contributed by atoms with Crippen LogP contribution in [0.2, 0.25) is 0 Å². The van der Waals surface area contributed by atoms with Crippen molar-refractivity contribution >= 4 is 11.8 Å². The molecule has 0 bridgehead atoms. The maximum atomic E-state index is 3.31. The van der Waals surface area contributed by atoms with Crippen molar-refractivity contribution in [2.45, 2.75) is 48.0 Å². The van der Waals surface area contributed by atoms with Gasteiger partial charge in [0, 0.05) is 12.2 Å². The van der Waals surface area contributed by atoms with E-state index >= 15 is 0 Å². The Bertz CT molecular complexity index is 638. The first-order valence-corrected chi connectivity index (χ1v) is 8.55. The Morgan fingerprint density at radius 3 is 2.17 bits per heavy atom. The van der Waals surface area contributed by atoms with Crippen LogP contribution < -0.4 is 5.32 Å². The van der Waals surface area contributed by atoms with E-state index in [1.165, 1.54) is 33.5 Å². The van der Waals surface area contributed by atoms with Gasteiger partial charge in [0.2, 0.25) is 0 Å².